The molecule has 0 bridgehead atoms. The minimum absolute atomic E-state index is 0.0119. The Hall–Kier alpha value is -2.64. The first-order valence-corrected chi connectivity index (χ1v) is 5.58. The van der Waals surface area contributed by atoms with Crippen LogP contribution in [0.15, 0.2) is 12.1 Å². The summed E-state index contributed by atoms with van der Waals surface area (Å²) in [5, 5.41) is 19.6. The molecule has 20 heavy (non-hydrogen) atoms. The Kier molecular flexibility index (Phi) is 5.01. The third-order valence-electron chi connectivity index (χ3n) is 2.55. The maximum atomic E-state index is 10.8. The number of carboxylic acid groups (broad SMARTS) is 1. The molecule has 1 rings (SSSR count). The lowest BCUT2D eigenvalue weighted by molar-refractivity contribution is -0.385. The van der Waals surface area contributed by atoms with E-state index < -0.39 is 22.5 Å². The number of ether oxygens (including phenoxy) is 2. The molecule has 0 heterocycles. The van der Waals surface area contributed by atoms with Crippen molar-refractivity contribution in [3.05, 3.63) is 27.8 Å². The number of carboxylic acids is 1. The molecule has 8 nitrogen and oxygen atoms in total. The number of nitro benzene ring substituents is 1. The Bertz CT molecular complexity index is 541. The van der Waals surface area contributed by atoms with Crippen molar-refractivity contribution in [3.8, 4) is 11.5 Å². The second kappa shape index (κ2) is 6.50. The van der Waals surface area contributed by atoms with E-state index in [2.05, 4.69) is 0 Å². The second-order valence-corrected chi connectivity index (χ2v) is 3.99. The number of carbonyl (C=O) groups excluding carboxylic acids is 1. The number of benzene rings is 1. The first-order valence-electron chi connectivity index (χ1n) is 5.58. The van der Waals surface area contributed by atoms with Crippen molar-refractivity contribution in [3.63, 3.8) is 0 Å². The summed E-state index contributed by atoms with van der Waals surface area (Å²) in [6.07, 6.45) is 0.338. The minimum atomic E-state index is -1.05. The van der Waals surface area contributed by atoms with Gasteiger partial charge in [-0.3, -0.25) is 19.7 Å². The Balaban J connectivity index is 3.11. The lowest BCUT2D eigenvalue weighted by atomic mass is 10.1. The van der Waals surface area contributed by atoms with Crippen molar-refractivity contribution in [2.45, 2.75) is 6.92 Å². The lowest BCUT2D eigenvalue weighted by Gasteiger charge is -2.13. The topological polar surface area (TPSA) is 116 Å². The predicted molar refractivity (Wildman–Crippen MR) is 67.3 cm³/mol. The van der Waals surface area contributed by atoms with Gasteiger partial charge in [0, 0.05) is 6.07 Å². The van der Waals surface area contributed by atoms with E-state index in [1.165, 1.54) is 20.1 Å². The van der Waals surface area contributed by atoms with Crippen molar-refractivity contribution in [2.24, 2.45) is 5.92 Å². The fourth-order valence-electron chi connectivity index (χ4n) is 1.38. The van der Waals surface area contributed by atoms with E-state index in [0.717, 1.165) is 6.07 Å². The van der Waals surface area contributed by atoms with Gasteiger partial charge in [-0.15, -0.1) is 0 Å². The van der Waals surface area contributed by atoms with Crippen LogP contribution < -0.4 is 9.47 Å². The molecular weight excluding hydrogens is 270 g/mol. The molecule has 0 amide bonds. The lowest BCUT2D eigenvalue weighted by Crippen LogP contribution is -2.18. The molecule has 0 aliphatic carbocycles. The van der Waals surface area contributed by atoms with Crippen molar-refractivity contribution in [1.82, 2.24) is 0 Å². The number of methoxy groups -OCH3 is 1. The third-order valence-corrected chi connectivity index (χ3v) is 2.55. The first kappa shape index (κ1) is 15.4. The standard InChI is InChI=1S/C12H13NO7/c1-7(12(15)16)6-20-11-4-9(13(17)18)8(5-14)3-10(11)19-2/h3-5,7H,6H2,1-2H3,(H,15,16). The fourth-order valence-corrected chi connectivity index (χ4v) is 1.38. The monoisotopic (exact) mass is 283 g/mol. The summed E-state index contributed by atoms with van der Waals surface area (Å²) >= 11 is 0. The third kappa shape index (κ3) is 3.44. The number of aliphatic carboxylic acids is 1. The number of aldehydes is 1. The highest BCUT2D eigenvalue weighted by atomic mass is 16.6. The zero-order chi connectivity index (χ0) is 15.3. The highest BCUT2D eigenvalue weighted by Gasteiger charge is 2.20. The van der Waals surface area contributed by atoms with Crippen molar-refractivity contribution in [2.75, 3.05) is 13.7 Å². The molecule has 0 fully saturated rings. The van der Waals surface area contributed by atoms with E-state index in [9.17, 15) is 19.7 Å². The first-order chi connectivity index (χ1) is 9.40. The van der Waals surface area contributed by atoms with E-state index in [1.807, 2.05) is 0 Å². The molecule has 1 aromatic rings. The molecule has 0 saturated carbocycles. The second-order valence-electron chi connectivity index (χ2n) is 3.99. The summed E-state index contributed by atoms with van der Waals surface area (Å²) in [6, 6.07) is 2.21. The fraction of sp³-hybridized carbons (Fsp3) is 0.333. The molecule has 0 aromatic heterocycles. The number of nitrogens with zero attached hydrogens (tertiary/aromatic N) is 1. The summed E-state index contributed by atoms with van der Waals surface area (Å²) in [5.41, 5.74) is -0.579. The van der Waals surface area contributed by atoms with E-state index in [4.69, 9.17) is 14.6 Å². The van der Waals surface area contributed by atoms with Crippen molar-refractivity contribution in [1.29, 1.82) is 0 Å². The molecule has 108 valence electrons. The van der Waals surface area contributed by atoms with E-state index in [1.54, 1.807) is 0 Å². The molecule has 8 heteroatoms. The van der Waals surface area contributed by atoms with E-state index in [0.29, 0.717) is 6.29 Å². The van der Waals surface area contributed by atoms with Crippen LogP contribution in [0.4, 0.5) is 5.69 Å². The van der Waals surface area contributed by atoms with Gasteiger partial charge in [0.1, 0.15) is 6.61 Å². The molecule has 0 aliphatic rings. The Morgan fingerprint density at radius 3 is 2.60 bits per heavy atom. The molecule has 0 saturated heterocycles. The van der Waals surface area contributed by atoms with Crippen LogP contribution >= 0.6 is 0 Å². The minimum Gasteiger partial charge on any atom is -0.493 e. The normalized spacial score (nSPS) is 11.5. The SMILES string of the molecule is COc1cc(C=O)c([N+](=O)[O-])cc1OCC(C)C(=O)O. The number of carbonyl (C=O) groups is 2. The zero-order valence-corrected chi connectivity index (χ0v) is 10.9. The summed E-state index contributed by atoms with van der Waals surface area (Å²) in [5.74, 6) is -1.71. The Morgan fingerprint density at radius 2 is 2.15 bits per heavy atom. The molecule has 1 aromatic carbocycles. The van der Waals surface area contributed by atoms with Gasteiger partial charge < -0.3 is 14.6 Å². The predicted octanol–water partition coefficient (Wildman–Crippen LogP) is 1.52. The molecule has 1 unspecified atom stereocenters. The van der Waals surface area contributed by atoms with Crippen LogP contribution in [-0.4, -0.2) is 36.0 Å². The van der Waals surface area contributed by atoms with Crippen LogP contribution in [0, 0.1) is 16.0 Å². The van der Waals surface area contributed by atoms with Crippen LogP contribution in [0.3, 0.4) is 0 Å². The van der Waals surface area contributed by atoms with E-state index in [-0.39, 0.29) is 23.7 Å². The van der Waals surface area contributed by atoms with Gasteiger partial charge in [-0.05, 0) is 6.92 Å². The average molecular weight is 283 g/mol. The summed E-state index contributed by atoms with van der Waals surface area (Å²) in [4.78, 5) is 31.6. The summed E-state index contributed by atoms with van der Waals surface area (Å²) < 4.78 is 10.2. The van der Waals surface area contributed by atoms with Crippen molar-refractivity contribution >= 4 is 17.9 Å². The molecule has 0 spiro atoms. The highest BCUT2D eigenvalue weighted by molar-refractivity contribution is 5.83. The van der Waals surface area contributed by atoms with Gasteiger partial charge in [-0.1, -0.05) is 0 Å². The molecule has 1 atom stereocenters. The van der Waals surface area contributed by atoms with Crippen LogP contribution in [0.1, 0.15) is 17.3 Å². The highest BCUT2D eigenvalue weighted by Crippen LogP contribution is 2.34. The van der Waals surface area contributed by atoms with Crippen LogP contribution in [0.2, 0.25) is 0 Å². The average Bonchev–Trinajstić information content (AvgIpc) is 2.43. The largest absolute Gasteiger partial charge is 0.493 e. The van der Waals surface area contributed by atoms with Gasteiger partial charge in [-0.2, -0.15) is 0 Å². The molecule has 0 radical (unpaired) electrons. The smallest absolute Gasteiger partial charge is 0.309 e. The number of hydrogen-bond acceptors (Lipinski definition) is 6. The van der Waals surface area contributed by atoms with Gasteiger partial charge in [0.25, 0.3) is 5.69 Å². The summed E-state index contributed by atoms with van der Waals surface area (Å²) in [7, 11) is 1.31. The Morgan fingerprint density at radius 1 is 1.50 bits per heavy atom. The number of nitro groups is 1. The molecular formula is C12H13NO7. The maximum absolute atomic E-state index is 10.8. The van der Waals surface area contributed by atoms with E-state index >= 15 is 0 Å². The van der Waals surface area contributed by atoms with Crippen LogP contribution in [0.5, 0.6) is 11.5 Å². The van der Waals surface area contributed by atoms with Gasteiger partial charge in [0.15, 0.2) is 17.8 Å². The zero-order valence-electron chi connectivity index (χ0n) is 10.9. The number of rotatable bonds is 7. The van der Waals surface area contributed by atoms with Gasteiger partial charge >= 0.3 is 5.97 Å². The quantitative estimate of drug-likeness (QED) is 0.458. The van der Waals surface area contributed by atoms with Gasteiger partial charge in [-0.25, -0.2) is 0 Å². The van der Waals surface area contributed by atoms with Crippen LogP contribution in [0.25, 0.3) is 0 Å². The number of hydrogen-bond donors (Lipinski definition) is 1. The van der Waals surface area contributed by atoms with Gasteiger partial charge in [0.05, 0.1) is 29.6 Å². The molecule has 1 N–H and O–H groups in total. The van der Waals surface area contributed by atoms with Crippen LogP contribution in [-0.2, 0) is 4.79 Å². The molecule has 0 aliphatic heterocycles. The Labute approximate surface area is 114 Å². The van der Waals surface area contributed by atoms with Gasteiger partial charge in [0.2, 0.25) is 0 Å². The summed E-state index contributed by atoms with van der Waals surface area (Å²) in [6.45, 7) is 1.26. The van der Waals surface area contributed by atoms with Crippen molar-refractivity contribution < 1.29 is 29.1 Å². The maximum Gasteiger partial charge on any atom is 0.309 e.